The highest BCUT2D eigenvalue weighted by molar-refractivity contribution is 7.89. The van der Waals surface area contributed by atoms with Gasteiger partial charge in [0, 0.05) is 18.7 Å². The summed E-state index contributed by atoms with van der Waals surface area (Å²) in [5.74, 6) is 0.0434. The Balaban J connectivity index is 1.81. The van der Waals surface area contributed by atoms with E-state index in [4.69, 9.17) is 4.74 Å². The summed E-state index contributed by atoms with van der Waals surface area (Å²) < 4.78 is 31.6. The number of amides is 1. The number of sulfonamides is 1. The molecule has 0 fully saturated rings. The molecule has 7 heteroatoms. The Morgan fingerprint density at radius 3 is 2.52 bits per heavy atom. The molecule has 0 heterocycles. The predicted octanol–water partition coefficient (Wildman–Crippen LogP) is 1.85. The summed E-state index contributed by atoms with van der Waals surface area (Å²) in [4.78, 5) is 12.0. The highest BCUT2D eigenvalue weighted by Gasteiger charge is 2.12. The van der Waals surface area contributed by atoms with Crippen LogP contribution in [0.15, 0.2) is 48.5 Å². The first kappa shape index (κ1) is 19.0. The molecule has 134 valence electrons. The van der Waals surface area contributed by atoms with Gasteiger partial charge in [0.2, 0.25) is 10.0 Å². The van der Waals surface area contributed by atoms with Gasteiger partial charge in [0.1, 0.15) is 5.75 Å². The summed E-state index contributed by atoms with van der Waals surface area (Å²) in [5.41, 5.74) is 2.42. The topological polar surface area (TPSA) is 84.5 Å². The molecule has 2 aromatic carbocycles. The van der Waals surface area contributed by atoms with Gasteiger partial charge in [-0.25, -0.2) is 13.1 Å². The van der Waals surface area contributed by atoms with Crippen LogP contribution in [0.3, 0.4) is 0 Å². The van der Waals surface area contributed by atoms with E-state index in [1.165, 1.54) is 7.11 Å². The number of benzene rings is 2. The number of carbonyl (C=O) groups excluding carboxylic acids is 1. The molecule has 6 nitrogen and oxygen atoms in total. The summed E-state index contributed by atoms with van der Waals surface area (Å²) in [5, 5.41) is 2.60. The van der Waals surface area contributed by atoms with Gasteiger partial charge in [-0.3, -0.25) is 4.79 Å². The fourth-order valence-electron chi connectivity index (χ4n) is 2.14. The lowest BCUT2D eigenvalue weighted by Crippen LogP contribution is -2.34. The molecular weight excluding hydrogens is 340 g/mol. The molecule has 0 aliphatic heterocycles. The van der Waals surface area contributed by atoms with Gasteiger partial charge in [-0.1, -0.05) is 35.9 Å². The lowest BCUT2D eigenvalue weighted by molar-refractivity contribution is 0.0955. The lowest BCUT2D eigenvalue weighted by Gasteiger charge is -2.09. The maximum atomic E-state index is 12.0. The van der Waals surface area contributed by atoms with Crippen molar-refractivity contribution >= 4 is 15.9 Å². The third kappa shape index (κ3) is 6.21. The molecule has 0 saturated heterocycles. The van der Waals surface area contributed by atoms with Crippen LogP contribution in [-0.4, -0.2) is 33.7 Å². The zero-order valence-corrected chi connectivity index (χ0v) is 15.1. The van der Waals surface area contributed by atoms with Gasteiger partial charge in [-0.15, -0.1) is 0 Å². The van der Waals surface area contributed by atoms with E-state index in [0.29, 0.717) is 11.3 Å². The molecule has 0 unspecified atom stereocenters. The molecule has 0 saturated carbocycles. The Bertz CT molecular complexity index is 817. The second kappa shape index (κ2) is 8.64. The number of ether oxygens (including phenoxy) is 1. The van der Waals surface area contributed by atoms with Crippen LogP contribution >= 0.6 is 0 Å². The summed E-state index contributed by atoms with van der Waals surface area (Å²) in [6.07, 6.45) is 0. The van der Waals surface area contributed by atoms with Crippen LogP contribution < -0.4 is 14.8 Å². The summed E-state index contributed by atoms with van der Waals surface area (Å²) in [6.45, 7) is 2.23. The Kier molecular flexibility index (Phi) is 6.55. The molecule has 0 bridgehead atoms. The van der Waals surface area contributed by atoms with Crippen molar-refractivity contribution in [2.75, 3.05) is 19.4 Å². The van der Waals surface area contributed by atoms with E-state index >= 15 is 0 Å². The van der Waals surface area contributed by atoms with E-state index in [-0.39, 0.29) is 24.7 Å². The van der Waals surface area contributed by atoms with Crippen molar-refractivity contribution in [1.29, 1.82) is 0 Å². The molecule has 2 aromatic rings. The minimum Gasteiger partial charge on any atom is -0.497 e. The summed E-state index contributed by atoms with van der Waals surface area (Å²) in [7, 11) is -1.95. The molecule has 2 N–H and O–H groups in total. The Hall–Kier alpha value is -2.38. The minimum atomic E-state index is -3.47. The standard InChI is InChI=1S/C18H22N2O4S/c1-14-6-8-15(9-7-14)13-20-25(22,23)11-10-19-18(21)16-4-3-5-17(12-16)24-2/h3-9,12,20H,10-11,13H2,1-2H3,(H,19,21). The van der Waals surface area contributed by atoms with Crippen LogP contribution in [0.4, 0.5) is 0 Å². The number of hydrogen-bond donors (Lipinski definition) is 2. The van der Waals surface area contributed by atoms with Gasteiger partial charge in [0.15, 0.2) is 0 Å². The maximum absolute atomic E-state index is 12.0. The van der Waals surface area contributed by atoms with Crippen LogP contribution in [0.25, 0.3) is 0 Å². The second-order valence-electron chi connectivity index (χ2n) is 5.61. The highest BCUT2D eigenvalue weighted by atomic mass is 32.2. The van der Waals surface area contributed by atoms with Gasteiger partial charge in [-0.05, 0) is 30.7 Å². The fourth-order valence-corrected chi connectivity index (χ4v) is 3.04. The van der Waals surface area contributed by atoms with E-state index in [1.807, 2.05) is 31.2 Å². The largest absolute Gasteiger partial charge is 0.497 e. The predicted molar refractivity (Wildman–Crippen MR) is 97.1 cm³/mol. The number of carbonyl (C=O) groups is 1. The molecule has 0 aliphatic carbocycles. The summed E-state index contributed by atoms with van der Waals surface area (Å²) >= 11 is 0. The van der Waals surface area contributed by atoms with Crippen molar-refractivity contribution in [2.24, 2.45) is 0 Å². The second-order valence-corrected chi connectivity index (χ2v) is 7.54. The van der Waals surface area contributed by atoms with Crippen molar-refractivity contribution in [3.8, 4) is 5.75 Å². The number of hydrogen-bond acceptors (Lipinski definition) is 4. The van der Waals surface area contributed by atoms with Crippen molar-refractivity contribution in [3.63, 3.8) is 0 Å². The van der Waals surface area contributed by atoms with Gasteiger partial charge in [-0.2, -0.15) is 0 Å². The van der Waals surface area contributed by atoms with Crippen molar-refractivity contribution in [1.82, 2.24) is 10.0 Å². The number of rotatable bonds is 8. The van der Waals surface area contributed by atoms with Crippen molar-refractivity contribution in [2.45, 2.75) is 13.5 Å². The molecule has 0 radical (unpaired) electrons. The van der Waals surface area contributed by atoms with Crippen LogP contribution in [0.2, 0.25) is 0 Å². The van der Waals surface area contributed by atoms with E-state index in [2.05, 4.69) is 10.0 Å². The third-order valence-electron chi connectivity index (χ3n) is 3.61. The average molecular weight is 362 g/mol. The molecule has 1 amide bonds. The molecule has 2 rings (SSSR count). The van der Waals surface area contributed by atoms with Crippen LogP contribution in [0.5, 0.6) is 5.75 Å². The fraction of sp³-hybridized carbons (Fsp3) is 0.278. The zero-order valence-electron chi connectivity index (χ0n) is 14.3. The van der Waals surface area contributed by atoms with Crippen molar-refractivity contribution < 1.29 is 17.9 Å². The molecule has 0 spiro atoms. The monoisotopic (exact) mass is 362 g/mol. The Labute approximate surface area is 148 Å². The maximum Gasteiger partial charge on any atom is 0.251 e. The van der Waals surface area contributed by atoms with Gasteiger partial charge < -0.3 is 10.1 Å². The molecular formula is C18H22N2O4S. The molecule has 0 aliphatic rings. The first-order valence-electron chi connectivity index (χ1n) is 7.85. The van der Waals surface area contributed by atoms with Gasteiger partial charge in [0.25, 0.3) is 5.91 Å². The smallest absolute Gasteiger partial charge is 0.251 e. The van der Waals surface area contributed by atoms with Crippen LogP contribution in [0, 0.1) is 6.92 Å². The van der Waals surface area contributed by atoms with Crippen LogP contribution in [-0.2, 0) is 16.6 Å². The number of methoxy groups -OCH3 is 1. The van der Waals surface area contributed by atoms with E-state index in [0.717, 1.165) is 11.1 Å². The Morgan fingerprint density at radius 1 is 1.12 bits per heavy atom. The van der Waals surface area contributed by atoms with Crippen LogP contribution in [0.1, 0.15) is 21.5 Å². The van der Waals surface area contributed by atoms with E-state index in [1.54, 1.807) is 24.3 Å². The van der Waals surface area contributed by atoms with E-state index in [9.17, 15) is 13.2 Å². The minimum absolute atomic E-state index is 0.0271. The zero-order chi connectivity index (χ0) is 18.3. The quantitative estimate of drug-likeness (QED) is 0.751. The molecule has 0 aromatic heterocycles. The Morgan fingerprint density at radius 2 is 1.84 bits per heavy atom. The lowest BCUT2D eigenvalue weighted by atomic mass is 10.2. The highest BCUT2D eigenvalue weighted by Crippen LogP contribution is 2.12. The third-order valence-corrected chi connectivity index (χ3v) is 4.93. The van der Waals surface area contributed by atoms with Crippen molar-refractivity contribution in [3.05, 3.63) is 65.2 Å². The van der Waals surface area contributed by atoms with Gasteiger partial charge >= 0.3 is 0 Å². The number of aryl methyl sites for hydroxylation is 1. The van der Waals surface area contributed by atoms with Gasteiger partial charge in [0.05, 0.1) is 12.9 Å². The normalized spacial score (nSPS) is 11.1. The molecule has 25 heavy (non-hydrogen) atoms. The molecule has 0 atom stereocenters. The first-order chi connectivity index (χ1) is 11.9. The summed E-state index contributed by atoms with van der Waals surface area (Å²) in [6, 6.07) is 14.3. The first-order valence-corrected chi connectivity index (χ1v) is 9.50. The number of nitrogens with one attached hydrogen (secondary N) is 2. The SMILES string of the molecule is COc1cccc(C(=O)NCCS(=O)(=O)NCc2ccc(C)cc2)c1. The van der Waals surface area contributed by atoms with E-state index < -0.39 is 10.0 Å². The average Bonchev–Trinajstić information content (AvgIpc) is 2.61.